The molecule has 3 nitrogen and oxygen atoms in total. The van der Waals surface area contributed by atoms with Crippen LogP contribution in [0.15, 0.2) is 97.1 Å². The Morgan fingerprint density at radius 1 is 0.816 bits per heavy atom. The molecule has 3 aromatic carbocycles. The maximum atomic E-state index is 2.62. The summed E-state index contributed by atoms with van der Waals surface area (Å²) in [6, 6.07) is 30.6. The molecule has 5 rings (SSSR count). The Morgan fingerprint density at radius 2 is 1.50 bits per heavy atom. The third-order valence-corrected chi connectivity index (χ3v) is 8.48. The maximum Gasteiger partial charge on any atom is 0.0603 e. The van der Waals surface area contributed by atoms with Crippen LogP contribution in [-0.2, 0) is 0 Å². The molecule has 38 heavy (non-hydrogen) atoms. The third kappa shape index (κ3) is 6.15. The van der Waals surface area contributed by atoms with Gasteiger partial charge in [-0.25, -0.2) is 0 Å². The third-order valence-electron chi connectivity index (χ3n) is 8.48. The largest absolute Gasteiger partial charge is 0.376 e. The van der Waals surface area contributed by atoms with Crippen molar-refractivity contribution in [3.05, 3.63) is 108 Å². The zero-order valence-corrected chi connectivity index (χ0v) is 23.4. The van der Waals surface area contributed by atoms with Crippen LogP contribution in [0.3, 0.4) is 0 Å². The van der Waals surface area contributed by atoms with E-state index in [-0.39, 0.29) is 0 Å². The van der Waals surface area contributed by atoms with Gasteiger partial charge in [0.2, 0.25) is 0 Å². The summed E-state index contributed by atoms with van der Waals surface area (Å²) in [6.45, 7) is 6.88. The van der Waals surface area contributed by atoms with Crippen molar-refractivity contribution in [2.75, 3.05) is 50.1 Å². The van der Waals surface area contributed by atoms with Crippen LogP contribution in [0.2, 0.25) is 0 Å². The molecule has 0 spiro atoms. The van der Waals surface area contributed by atoms with Crippen molar-refractivity contribution in [1.29, 1.82) is 0 Å². The fraction of sp³-hybridized carbons (Fsp3) is 0.371. The number of anilines is 2. The van der Waals surface area contributed by atoms with E-state index in [2.05, 4.69) is 133 Å². The Morgan fingerprint density at radius 3 is 2.24 bits per heavy atom. The highest BCUT2D eigenvalue weighted by molar-refractivity contribution is 5.85. The van der Waals surface area contributed by atoms with E-state index in [1.165, 1.54) is 59.5 Å². The van der Waals surface area contributed by atoms with Crippen LogP contribution in [0.25, 0.3) is 11.3 Å². The van der Waals surface area contributed by atoms with Crippen molar-refractivity contribution in [2.24, 2.45) is 11.8 Å². The van der Waals surface area contributed by atoms with Crippen molar-refractivity contribution in [3.63, 3.8) is 0 Å². The molecule has 1 fully saturated rings. The standard InChI is InChI=1S/C35H43N3/c1-28(29-17-12-23-37(25-21-29)34-19-11-10-18-33(34)36(2)3)20-24-38-26-22-32(30-13-6-4-7-14-30)27-35(38)31-15-8-5-9-16-31/h4-11,13-16,18-19,22,27-29H,12,17,20-21,23-26H2,1-3H3. The first-order valence-corrected chi connectivity index (χ1v) is 14.4. The molecular weight excluding hydrogens is 462 g/mol. The summed E-state index contributed by atoms with van der Waals surface area (Å²) in [6.07, 6.45) is 9.92. The maximum absolute atomic E-state index is 2.62. The Hall–Kier alpha value is -3.46. The predicted octanol–water partition coefficient (Wildman–Crippen LogP) is 7.83. The molecule has 2 aliphatic heterocycles. The minimum absolute atomic E-state index is 0.718. The molecule has 0 aromatic heterocycles. The van der Waals surface area contributed by atoms with Crippen molar-refractivity contribution in [2.45, 2.75) is 32.6 Å². The number of hydrogen-bond acceptors (Lipinski definition) is 3. The van der Waals surface area contributed by atoms with Gasteiger partial charge in [-0.05, 0) is 72.4 Å². The summed E-state index contributed by atoms with van der Waals surface area (Å²) in [5.74, 6) is 1.51. The zero-order chi connectivity index (χ0) is 26.3. The normalized spacial score (nSPS) is 18.9. The number of rotatable bonds is 8. The Bertz CT molecular complexity index is 1230. The first kappa shape index (κ1) is 26.2. The van der Waals surface area contributed by atoms with Crippen LogP contribution in [0, 0.1) is 11.8 Å². The van der Waals surface area contributed by atoms with E-state index < -0.39 is 0 Å². The van der Waals surface area contributed by atoms with Crippen LogP contribution in [0.4, 0.5) is 11.4 Å². The average Bonchev–Trinajstić information content (AvgIpc) is 3.23. The van der Waals surface area contributed by atoms with E-state index in [4.69, 9.17) is 0 Å². The summed E-state index contributed by atoms with van der Waals surface area (Å²) in [5, 5.41) is 0. The summed E-state index contributed by atoms with van der Waals surface area (Å²) in [4.78, 5) is 7.46. The van der Waals surface area contributed by atoms with Crippen molar-refractivity contribution in [3.8, 4) is 0 Å². The molecule has 0 bridgehead atoms. The summed E-state index contributed by atoms with van der Waals surface area (Å²) in [5.41, 5.74) is 8.01. The molecule has 3 heteroatoms. The van der Waals surface area contributed by atoms with Crippen LogP contribution in [0.1, 0.15) is 43.7 Å². The first-order valence-electron chi connectivity index (χ1n) is 14.4. The molecule has 0 saturated carbocycles. The molecule has 2 heterocycles. The van der Waals surface area contributed by atoms with E-state index in [1.807, 2.05) is 0 Å². The quantitative estimate of drug-likeness (QED) is 0.309. The van der Waals surface area contributed by atoms with Crippen LogP contribution >= 0.6 is 0 Å². The number of para-hydroxylation sites is 2. The molecule has 2 aliphatic rings. The van der Waals surface area contributed by atoms with Crippen molar-refractivity contribution < 1.29 is 0 Å². The topological polar surface area (TPSA) is 9.72 Å². The molecule has 2 atom stereocenters. The van der Waals surface area contributed by atoms with Gasteiger partial charge in [0.05, 0.1) is 11.4 Å². The van der Waals surface area contributed by atoms with Gasteiger partial charge in [0.15, 0.2) is 0 Å². The number of hydrogen-bond donors (Lipinski definition) is 0. The smallest absolute Gasteiger partial charge is 0.0603 e. The molecule has 1 saturated heterocycles. The molecule has 0 N–H and O–H groups in total. The molecular formula is C35H43N3. The SMILES string of the molecule is CC(CCN1CC=C(c2ccccc2)C=C1c1ccccc1)C1CCCN(c2ccccc2N(C)C)CC1. The van der Waals surface area contributed by atoms with Gasteiger partial charge in [0.25, 0.3) is 0 Å². The van der Waals surface area contributed by atoms with Gasteiger partial charge < -0.3 is 14.7 Å². The highest BCUT2D eigenvalue weighted by Gasteiger charge is 2.25. The Labute approximate surface area is 230 Å². The predicted molar refractivity (Wildman–Crippen MR) is 165 cm³/mol. The molecule has 0 amide bonds. The molecule has 0 radical (unpaired) electrons. The fourth-order valence-corrected chi connectivity index (χ4v) is 6.16. The van der Waals surface area contributed by atoms with Crippen LogP contribution in [0.5, 0.6) is 0 Å². The highest BCUT2D eigenvalue weighted by atomic mass is 15.2. The van der Waals surface area contributed by atoms with Crippen LogP contribution in [-0.4, -0.2) is 45.2 Å². The number of allylic oxidation sites excluding steroid dienone is 2. The van der Waals surface area contributed by atoms with Crippen molar-refractivity contribution >= 4 is 22.6 Å². The second-order valence-electron chi connectivity index (χ2n) is 11.2. The Balaban J connectivity index is 1.24. The van der Waals surface area contributed by atoms with Crippen LogP contribution < -0.4 is 9.80 Å². The second-order valence-corrected chi connectivity index (χ2v) is 11.2. The van der Waals surface area contributed by atoms with E-state index in [9.17, 15) is 0 Å². The van der Waals surface area contributed by atoms with Gasteiger partial charge in [-0.3, -0.25) is 0 Å². The lowest BCUT2D eigenvalue weighted by Crippen LogP contribution is -2.29. The second kappa shape index (κ2) is 12.4. The van der Waals surface area contributed by atoms with Gasteiger partial charge in [-0.2, -0.15) is 0 Å². The van der Waals surface area contributed by atoms with Gasteiger partial charge in [0, 0.05) is 46.0 Å². The fourth-order valence-electron chi connectivity index (χ4n) is 6.16. The lowest BCUT2D eigenvalue weighted by atomic mass is 9.85. The summed E-state index contributed by atoms with van der Waals surface area (Å²) < 4.78 is 0. The minimum atomic E-state index is 0.718. The lowest BCUT2D eigenvalue weighted by Gasteiger charge is -2.33. The zero-order valence-electron chi connectivity index (χ0n) is 23.4. The van der Waals surface area contributed by atoms with E-state index >= 15 is 0 Å². The van der Waals surface area contributed by atoms with E-state index in [0.717, 1.165) is 38.0 Å². The molecule has 2 unspecified atom stereocenters. The first-order chi connectivity index (χ1) is 18.6. The monoisotopic (exact) mass is 505 g/mol. The van der Waals surface area contributed by atoms with Crippen molar-refractivity contribution in [1.82, 2.24) is 4.90 Å². The van der Waals surface area contributed by atoms with E-state index in [1.54, 1.807) is 0 Å². The minimum Gasteiger partial charge on any atom is -0.376 e. The Kier molecular flexibility index (Phi) is 8.53. The van der Waals surface area contributed by atoms with Gasteiger partial charge in [0.1, 0.15) is 0 Å². The van der Waals surface area contributed by atoms with Gasteiger partial charge in [-0.15, -0.1) is 0 Å². The average molecular weight is 506 g/mol. The van der Waals surface area contributed by atoms with E-state index in [0.29, 0.717) is 0 Å². The highest BCUT2D eigenvalue weighted by Crippen LogP contribution is 2.35. The number of benzene rings is 3. The molecule has 0 aliphatic carbocycles. The van der Waals surface area contributed by atoms with Gasteiger partial charge in [-0.1, -0.05) is 85.8 Å². The summed E-state index contributed by atoms with van der Waals surface area (Å²) >= 11 is 0. The molecule has 3 aromatic rings. The lowest BCUT2D eigenvalue weighted by molar-refractivity contribution is 0.279. The molecule has 198 valence electrons. The number of nitrogens with zero attached hydrogens (tertiary/aromatic N) is 3. The van der Waals surface area contributed by atoms with Gasteiger partial charge >= 0.3 is 0 Å². The summed E-state index contributed by atoms with van der Waals surface area (Å²) in [7, 11) is 4.30.